The number of carbonyl (C=O) groups excluding carboxylic acids is 4. The number of methoxy groups -OCH3 is 1. The maximum atomic E-state index is 12.7. The van der Waals surface area contributed by atoms with Gasteiger partial charge in [0.25, 0.3) is 11.8 Å². The van der Waals surface area contributed by atoms with E-state index in [1.807, 2.05) is 0 Å². The van der Waals surface area contributed by atoms with Crippen molar-refractivity contribution in [3.63, 3.8) is 0 Å². The fourth-order valence-corrected chi connectivity index (χ4v) is 4.94. The summed E-state index contributed by atoms with van der Waals surface area (Å²) in [4.78, 5) is 53.4. The van der Waals surface area contributed by atoms with Gasteiger partial charge in [0.2, 0.25) is 0 Å². The van der Waals surface area contributed by atoms with Gasteiger partial charge in [0.05, 0.1) is 18.3 Å². The number of rotatable bonds is 9. The third-order valence-corrected chi connectivity index (χ3v) is 6.57. The van der Waals surface area contributed by atoms with Crippen LogP contribution in [0.25, 0.3) is 0 Å². The van der Waals surface area contributed by atoms with Crippen LogP contribution in [0.5, 0.6) is 0 Å². The van der Waals surface area contributed by atoms with Crippen LogP contribution in [-0.2, 0) is 23.9 Å². The summed E-state index contributed by atoms with van der Waals surface area (Å²) in [7, 11) is 1.46. The van der Waals surface area contributed by atoms with Crippen molar-refractivity contribution < 1.29 is 68.5 Å². The Hall–Kier alpha value is -2.37. The number of carbonyl (C=O) groups is 4. The summed E-state index contributed by atoms with van der Waals surface area (Å²) in [6.45, 7) is 0.111. The van der Waals surface area contributed by atoms with Gasteiger partial charge in [-0.2, -0.15) is 0 Å². The first-order valence-corrected chi connectivity index (χ1v) is 11.2. The first-order chi connectivity index (χ1) is 15.8. The largest absolute Gasteiger partial charge is 1.00 e. The van der Waals surface area contributed by atoms with Crippen molar-refractivity contribution in [2.24, 2.45) is 5.16 Å². The number of carboxylic acid groups (broad SMARTS) is 1. The van der Waals surface area contributed by atoms with Crippen LogP contribution in [-0.4, -0.2) is 88.7 Å². The molecule has 3 rings (SSSR count). The summed E-state index contributed by atoms with van der Waals surface area (Å²) in [5, 5.41) is 29.5. The van der Waals surface area contributed by atoms with Crippen molar-refractivity contribution in [3.05, 3.63) is 22.3 Å². The summed E-state index contributed by atoms with van der Waals surface area (Å²) < 4.78 is 9.80. The van der Waals surface area contributed by atoms with E-state index in [0.29, 0.717) is 0 Å². The summed E-state index contributed by atoms with van der Waals surface area (Å²) in [6, 6.07) is -1.08. The number of ether oxygens (including phenoxy) is 2. The molecule has 17 heteroatoms. The molecule has 0 aromatic carbocycles. The number of nitrogens with two attached hydrogens (primary N) is 1. The molecule has 3 heterocycles. The Balaban J connectivity index is 0.00000408. The predicted octanol–water partition coefficient (Wildman–Crippen LogP) is -5.32. The van der Waals surface area contributed by atoms with Gasteiger partial charge in [-0.05, 0) is 0 Å². The number of fused-ring (bicyclic) bond motifs is 1. The number of nitrogens with zero attached hydrogens (tertiary/aromatic N) is 3. The number of alkyl carbamates (subject to hydrolysis) is 1. The Bertz CT molecular complexity index is 1030. The number of anilines is 1. The molecule has 3 amide bonds. The van der Waals surface area contributed by atoms with Crippen molar-refractivity contribution in [1.82, 2.24) is 20.5 Å². The number of nitrogens with one attached hydrogen (secondary N) is 2. The van der Waals surface area contributed by atoms with Crippen LogP contribution in [0, 0.1) is 0 Å². The molecular formula is C17H19N6NaO8S2. The molecule has 1 fully saturated rings. The standard InChI is InChI=1S/C17H20N6O8S2.Na/c1-30-3-2-19-17(28)31-4-7-5-32-14-10(13(25)23(14)11(7)15(26)27)21-12(24)9(22-29)8-6-33-16(18)20-8;/h6,10,14,29H,2-5H2,1H3,(H2,18,20)(H,19,28)(H,21,24)(H,26,27);/q;+1/p-1/b22-9-;/t10?,14-;/m0./s1. The fourth-order valence-electron chi connectivity index (χ4n) is 3.06. The maximum absolute atomic E-state index is 12.7. The van der Waals surface area contributed by atoms with E-state index in [4.69, 9.17) is 15.2 Å². The molecule has 5 N–H and O–H groups in total. The first kappa shape index (κ1) is 27.9. The number of aromatic nitrogens is 1. The number of oxime groups is 1. The van der Waals surface area contributed by atoms with Crippen LogP contribution in [0.2, 0.25) is 0 Å². The van der Waals surface area contributed by atoms with Gasteiger partial charge in [-0.1, -0.05) is 5.16 Å². The monoisotopic (exact) mass is 522 g/mol. The molecule has 0 saturated carbocycles. The minimum Gasteiger partial charge on any atom is -0.543 e. The molecule has 2 aliphatic heterocycles. The number of hydrogen-bond acceptors (Lipinski definition) is 13. The van der Waals surface area contributed by atoms with E-state index in [2.05, 4.69) is 20.8 Å². The van der Waals surface area contributed by atoms with Crippen LogP contribution < -0.4 is 51.0 Å². The van der Waals surface area contributed by atoms with Crippen molar-refractivity contribution in [2.75, 3.05) is 38.4 Å². The van der Waals surface area contributed by atoms with Crippen LogP contribution in [0.1, 0.15) is 5.69 Å². The summed E-state index contributed by atoms with van der Waals surface area (Å²) in [6.07, 6.45) is -0.775. The number of nitrogen functional groups attached to an aromatic ring is 1. The number of amides is 3. The molecule has 1 aromatic rings. The normalized spacial score (nSPS) is 19.5. The Morgan fingerprint density at radius 1 is 1.44 bits per heavy atom. The Morgan fingerprint density at radius 2 is 2.18 bits per heavy atom. The molecule has 2 aliphatic rings. The zero-order valence-electron chi connectivity index (χ0n) is 18.1. The van der Waals surface area contributed by atoms with Crippen molar-refractivity contribution in [1.29, 1.82) is 0 Å². The summed E-state index contributed by atoms with van der Waals surface area (Å²) in [5.74, 6) is -3.11. The number of carboxylic acids is 1. The van der Waals surface area contributed by atoms with Gasteiger partial charge < -0.3 is 40.9 Å². The van der Waals surface area contributed by atoms with Crippen LogP contribution in [0.15, 0.2) is 21.8 Å². The second-order valence-electron chi connectivity index (χ2n) is 6.62. The van der Waals surface area contributed by atoms with Crippen molar-refractivity contribution >= 4 is 57.8 Å². The molecule has 0 bridgehead atoms. The van der Waals surface area contributed by atoms with E-state index in [1.54, 1.807) is 0 Å². The predicted molar refractivity (Wildman–Crippen MR) is 113 cm³/mol. The van der Waals surface area contributed by atoms with E-state index in [-0.39, 0.29) is 71.5 Å². The number of aliphatic carboxylic acids is 1. The maximum Gasteiger partial charge on any atom is 1.00 e. The Morgan fingerprint density at radius 3 is 2.76 bits per heavy atom. The number of hydrogen-bond donors (Lipinski definition) is 4. The number of thioether (sulfide) groups is 1. The molecule has 178 valence electrons. The molecule has 34 heavy (non-hydrogen) atoms. The molecule has 0 aliphatic carbocycles. The third-order valence-electron chi connectivity index (χ3n) is 4.56. The van der Waals surface area contributed by atoms with Gasteiger partial charge in [0.15, 0.2) is 10.8 Å². The molecule has 0 spiro atoms. The van der Waals surface area contributed by atoms with E-state index < -0.39 is 46.7 Å². The molecular weight excluding hydrogens is 503 g/mol. The molecule has 14 nitrogen and oxygen atoms in total. The van der Waals surface area contributed by atoms with Crippen molar-refractivity contribution in [2.45, 2.75) is 11.4 Å². The molecule has 1 aromatic heterocycles. The first-order valence-electron chi connectivity index (χ1n) is 9.30. The smallest absolute Gasteiger partial charge is 0.543 e. The SMILES string of the molecule is COCCNC(=O)OCC1=C(C(=O)[O-])N2C(=O)C(NC(=O)/C(=N\O)c3csc(N)n3)[C@@H]2SC1.[Na+]. The van der Waals surface area contributed by atoms with Crippen molar-refractivity contribution in [3.8, 4) is 0 Å². The van der Waals surface area contributed by atoms with Crippen LogP contribution in [0.3, 0.4) is 0 Å². The fraction of sp³-hybridized carbons (Fsp3) is 0.412. The molecule has 0 radical (unpaired) electrons. The summed E-state index contributed by atoms with van der Waals surface area (Å²) in [5.41, 5.74) is 4.85. The number of thiazole rings is 1. The topological polar surface area (TPSA) is 209 Å². The minimum atomic E-state index is -1.62. The van der Waals surface area contributed by atoms with Gasteiger partial charge >= 0.3 is 35.7 Å². The van der Waals surface area contributed by atoms with Gasteiger partial charge in [0, 0.05) is 30.4 Å². The average Bonchev–Trinajstić information content (AvgIpc) is 3.21. The van der Waals surface area contributed by atoms with Gasteiger partial charge in [-0.3, -0.25) is 14.5 Å². The zero-order chi connectivity index (χ0) is 24.1. The van der Waals surface area contributed by atoms with E-state index >= 15 is 0 Å². The number of β-lactam (4-membered cyclic amide) rings is 1. The van der Waals surface area contributed by atoms with E-state index in [9.17, 15) is 29.5 Å². The van der Waals surface area contributed by atoms with Gasteiger partial charge in [-0.15, -0.1) is 23.1 Å². The average molecular weight is 522 g/mol. The summed E-state index contributed by atoms with van der Waals surface area (Å²) >= 11 is 2.19. The van der Waals surface area contributed by atoms with E-state index in [0.717, 1.165) is 28.0 Å². The minimum absolute atomic E-state index is 0. The van der Waals surface area contributed by atoms with Crippen LogP contribution in [0.4, 0.5) is 9.93 Å². The third kappa shape index (κ3) is 6.00. The molecule has 2 atom stereocenters. The quantitative estimate of drug-likeness (QED) is 0.0601. The van der Waals surface area contributed by atoms with Gasteiger partial charge in [-0.25, -0.2) is 9.78 Å². The van der Waals surface area contributed by atoms with Gasteiger partial charge in [0.1, 0.15) is 23.7 Å². The second kappa shape index (κ2) is 12.4. The van der Waals surface area contributed by atoms with Crippen LogP contribution >= 0.6 is 23.1 Å². The Labute approximate surface area is 223 Å². The second-order valence-corrected chi connectivity index (χ2v) is 8.61. The zero-order valence-corrected chi connectivity index (χ0v) is 21.7. The molecule has 1 saturated heterocycles. The molecule has 1 unspecified atom stereocenters. The van der Waals surface area contributed by atoms with E-state index in [1.165, 1.54) is 12.5 Å². The Kier molecular flexibility index (Phi) is 10.1.